The maximum absolute atomic E-state index is 13.6. The Bertz CT molecular complexity index is 815. The van der Waals surface area contributed by atoms with Crippen LogP contribution >= 0.6 is 0 Å². The number of nitrogens with one attached hydrogen (secondary N) is 1. The second-order valence-corrected chi connectivity index (χ2v) is 7.68. The minimum absolute atomic E-state index is 0.153. The van der Waals surface area contributed by atoms with E-state index in [1.807, 2.05) is 11.7 Å². The summed E-state index contributed by atoms with van der Waals surface area (Å²) in [5.74, 6) is -0.873. The first-order valence-corrected chi connectivity index (χ1v) is 9.36. The molecular weight excluding hydrogens is 317 g/mol. The molecule has 0 unspecified atom stereocenters. The third-order valence-electron chi connectivity index (χ3n) is 4.21. The molecule has 3 rings (SSSR count). The Balaban J connectivity index is 1.72. The molecule has 124 valence electrons. The normalized spacial score (nSPS) is 14.7. The molecule has 1 aliphatic carbocycles. The molecule has 0 aliphatic heterocycles. The van der Waals surface area contributed by atoms with Gasteiger partial charge in [0.2, 0.25) is 10.0 Å². The van der Waals surface area contributed by atoms with Crippen LogP contribution in [0.15, 0.2) is 24.3 Å². The van der Waals surface area contributed by atoms with E-state index in [-0.39, 0.29) is 17.9 Å². The van der Waals surface area contributed by atoms with Gasteiger partial charge in [0, 0.05) is 18.3 Å². The van der Waals surface area contributed by atoms with E-state index in [0.717, 1.165) is 36.9 Å². The highest BCUT2D eigenvalue weighted by molar-refractivity contribution is 7.88. The molecule has 2 aromatic rings. The molecule has 0 amide bonds. The van der Waals surface area contributed by atoms with E-state index < -0.39 is 15.8 Å². The quantitative estimate of drug-likeness (QED) is 0.908. The van der Waals surface area contributed by atoms with Gasteiger partial charge < -0.3 is 0 Å². The molecule has 1 aromatic carbocycles. The SMILES string of the molecule is Cn1nc(CNS(=O)(=O)Cc2ccccc2F)c2c1CCCC2. The van der Waals surface area contributed by atoms with Crippen molar-refractivity contribution in [2.24, 2.45) is 7.05 Å². The molecule has 1 N–H and O–H groups in total. The monoisotopic (exact) mass is 337 g/mol. The fraction of sp³-hybridized carbons (Fsp3) is 0.438. The Labute approximate surface area is 135 Å². The molecule has 7 heteroatoms. The number of hydrogen-bond acceptors (Lipinski definition) is 3. The van der Waals surface area contributed by atoms with Gasteiger partial charge in [0.05, 0.1) is 18.0 Å². The molecule has 0 saturated carbocycles. The van der Waals surface area contributed by atoms with Crippen LogP contribution in [0.2, 0.25) is 0 Å². The van der Waals surface area contributed by atoms with Gasteiger partial charge in [0.1, 0.15) is 5.82 Å². The highest BCUT2D eigenvalue weighted by atomic mass is 32.2. The Kier molecular flexibility index (Phi) is 4.50. The number of aryl methyl sites for hydroxylation is 1. The third-order valence-corrected chi connectivity index (χ3v) is 5.49. The Morgan fingerprint density at radius 1 is 1.26 bits per heavy atom. The van der Waals surface area contributed by atoms with Crippen molar-refractivity contribution in [2.45, 2.75) is 38.0 Å². The van der Waals surface area contributed by atoms with Crippen LogP contribution in [0.1, 0.15) is 35.4 Å². The molecule has 0 saturated heterocycles. The summed E-state index contributed by atoms with van der Waals surface area (Å²) in [5, 5.41) is 4.44. The first kappa shape index (κ1) is 16.1. The van der Waals surface area contributed by atoms with Crippen molar-refractivity contribution in [3.05, 3.63) is 52.6 Å². The van der Waals surface area contributed by atoms with E-state index >= 15 is 0 Å². The van der Waals surface area contributed by atoms with Crippen LogP contribution in [0, 0.1) is 5.82 Å². The van der Waals surface area contributed by atoms with Gasteiger partial charge in [0.15, 0.2) is 0 Å². The van der Waals surface area contributed by atoms with Crippen molar-refractivity contribution in [1.82, 2.24) is 14.5 Å². The summed E-state index contributed by atoms with van der Waals surface area (Å²) in [6, 6.07) is 5.92. The highest BCUT2D eigenvalue weighted by Crippen LogP contribution is 2.24. The maximum Gasteiger partial charge on any atom is 0.216 e. The number of fused-ring (bicyclic) bond motifs is 1. The van der Waals surface area contributed by atoms with Gasteiger partial charge in [0.25, 0.3) is 0 Å². The lowest BCUT2D eigenvalue weighted by Crippen LogP contribution is -2.26. The first-order chi connectivity index (χ1) is 11.0. The zero-order valence-corrected chi connectivity index (χ0v) is 13.9. The van der Waals surface area contributed by atoms with Crippen LogP contribution in [0.4, 0.5) is 4.39 Å². The van der Waals surface area contributed by atoms with E-state index in [1.165, 1.54) is 17.8 Å². The van der Waals surface area contributed by atoms with Gasteiger partial charge >= 0.3 is 0 Å². The van der Waals surface area contributed by atoms with Gasteiger partial charge in [-0.15, -0.1) is 0 Å². The number of nitrogens with zero attached hydrogens (tertiary/aromatic N) is 2. The van der Waals surface area contributed by atoms with Crippen molar-refractivity contribution >= 4 is 10.0 Å². The second kappa shape index (κ2) is 6.41. The lowest BCUT2D eigenvalue weighted by molar-refractivity contribution is 0.572. The average Bonchev–Trinajstić information content (AvgIpc) is 2.85. The zero-order valence-electron chi connectivity index (χ0n) is 13.0. The molecule has 0 spiro atoms. The largest absolute Gasteiger partial charge is 0.272 e. The van der Waals surface area contributed by atoms with Crippen molar-refractivity contribution in [3.63, 3.8) is 0 Å². The predicted molar refractivity (Wildman–Crippen MR) is 85.7 cm³/mol. The summed E-state index contributed by atoms with van der Waals surface area (Å²) >= 11 is 0. The Morgan fingerprint density at radius 2 is 2.00 bits per heavy atom. The average molecular weight is 337 g/mol. The van der Waals surface area contributed by atoms with Crippen LogP contribution in [0.3, 0.4) is 0 Å². The molecule has 0 atom stereocenters. The molecule has 5 nitrogen and oxygen atoms in total. The van der Waals surface area contributed by atoms with Crippen molar-refractivity contribution in [3.8, 4) is 0 Å². The van der Waals surface area contributed by atoms with E-state index in [0.29, 0.717) is 0 Å². The number of hydrogen-bond donors (Lipinski definition) is 1. The van der Waals surface area contributed by atoms with Crippen molar-refractivity contribution < 1.29 is 12.8 Å². The smallest absolute Gasteiger partial charge is 0.216 e. The van der Waals surface area contributed by atoms with Gasteiger partial charge in [-0.25, -0.2) is 17.5 Å². The van der Waals surface area contributed by atoms with E-state index in [9.17, 15) is 12.8 Å². The summed E-state index contributed by atoms with van der Waals surface area (Å²) < 4.78 is 42.4. The number of halogens is 1. The van der Waals surface area contributed by atoms with Crippen LogP contribution < -0.4 is 4.72 Å². The minimum Gasteiger partial charge on any atom is -0.272 e. The number of benzene rings is 1. The van der Waals surface area contributed by atoms with Crippen molar-refractivity contribution in [1.29, 1.82) is 0 Å². The van der Waals surface area contributed by atoms with Crippen molar-refractivity contribution in [2.75, 3.05) is 0 Å². The van der Waals surface area contributed by atoms with Gasteiger partial charge in [-0.1, -0.05) is 18.2 Å². The summed E-state index contributed by atoms with van der Waals surface area (Å²) in [4.78, 5) is 0. The van der Waals surface area contributed by atoms with Gasteiger partial charge in [-0.2, -0.15) is 5.10 Å². The first-order valence-electron chi connectivity index (χ1n) is 7.70. The van der Waals surface area contributed by atoms with Gasteiger partial charge in [-0.3, -0.25) is 4.68 Å². The lowest BCUT2D eigenvalue weighted by Gasteiger charge is -2.13. The Morgan fingerprint density at radius 3 is 2.78 bits per heavy atom. The van der Waals surface area contributed by atoms with Crippen LogP contribution in [-0.2, 0) is 42.2 Å². The molecule has 0 radical (unpaired) electrons. The highest BCUT2D eigenvalue weighted by Gasteiger charge is 2.21. The van der Waals surface area contributed by atoms with Crippen LogP contribution in [0.25, 0.3) is 0 Å². The topological polar surface area (TPSA) is 64.0 Å². The number of rotatable bonds is 5. The molecular formula is C16H20FN3O2S. The Hall–Kier alpha value is -1.73. The minimum atomic E-state index is -3.61. The van der Waals surface area contributed by atoms with E-state index in [2.05, 4.69) is 9.82 Å². The molecule has 0 fully saturated rings. The molecule has 1 aromatic heterocycles. The van der Waals surface area contributed by atoms with Crippen LogP contribution in [0.5, 0.6) is 0 Å². The summed E-state index contributed by atoms with van der Waals surface area (Å²) in [7, 11) is -1.72. The number of aromatic nitrogens is 2. The molecule has 1 heterocycles. The third kappa shape index (κ3) is 3.61. The standard InChI is InChI=1S/C16H20FN3O2S/c1-20-16-9-5-3-7-13(16)15(19-20)10-18-23(21,22)11-12-6-2-4-8-14(12)17/h2,4,6,8,18H,3,5,7,9-11H2,1H3. The van der Waals surface area contributed by atoms with E-state index in [1.54, 1.807) is 12.1 Å². The second-order valence-electron chi connectivity index (χ2n) is 5.87. The fourth-order valence-electron chi connectivity index (χ4n) is 3.05. The van der Waals surface area contributed by atoms with E-state index in [4.69, 9.17) is 0 Å². The number of sulfonamides is 1. The summed E-state index contributed by atoms with van der Waals surface area (Å²) in [6.07, 6.45) is 4.17. The molecule has 23 heavy (non-hydrogen) atoms. The fourth-order valence-corrected chi connectivity index (χ4v) is 4.15. The predicted octanol–water partition coefficient (Wildman–Crippen LogP) is 2.06. The molecule has 0 bridgehead atoms. The zero-order chi connectivity index (χ0) is 16.4. The lowest BCUT2D eigenvalue weighted by atomic mass is 9.96. The molecule has 1 aliphatic rings. The summed E-state index contributed by atoms with van der Waals surface area (Å²) in [6.45, 7) is 0.153. The maximum atomic E-state index is 13.6. The van der Waals surface area contributed by atoms with Gasteiger partial charge in [-0.05, 0) is 37.3 Å². The van der Waals surface area contributed by atoms with Crippen LogP contribution in [-0.4, -0.2) is 18.2 Å². The summed E-state index contributed by atoms with van der Waals surface area (Å²) in [5.41, 5.74) is 3.30.